The van der Waals surface area contributed by atoms with Gasteiger partial charge in [-0.2, -0.15) is 13.2 Å². The highest BCUT2D eigenvalue weighted by molar-refractivity contribution is 5.42. The predicted molar refractivity (Wildman–Crippen MR) is 52.8 cm³/mol. The summed E-state index contributed by atoms with van der Waals surface area (Å²) in [6, 6.07) is 3.54. The van der Waals surface area contributed by atoms with Gasteiger partial charge in [-0.1, -0.05) is 0 Å². The first-order chi connectivity index (χ1) is 6.97. The molecule has 1 aromatic rings. The van der Waals surface area contributed by atoms with Crippen molar-refractivity contribution in [3.05, 3.63) is 24.0 Å². The molecule has 0 bridgehead atoms. The molecule has 5 heteroatoms. The molecule has 0 aromatic carbocycles. The van der Waals surface area contributed by atoms with Gasteiger partial charge in [0.05, 0.1) is 0 Å². The molecule has 0 unspecified atom stereocenters. The van der Waals surface area contributed by atoms with Crippen LogP contribution in [0.2, 0.25) is 0 Å². The van der Waals surface area contributed by atoms with Crippen molar-refractivity contribution >= 4 is 5.69 Å². The molecule has 0 saturated carbocycles. The van der Waals surface area contributed by atoms with Crippen molar-refractivity contribution in [1.29, 1.82) is 0 Å². The monoisotopic (exact) mass is 218 g/mol. The van der Waals surface area contributed by atoms with E-state index in [0.29, 0.717) is 6.54 Å². The summed E-state index contributed by atoms with van der Waals surface area (Å²) in [6.07, 6.45) is -3.09. The summed E-state index contributed by atoms with van der Waals surface area (Å²) in [5, 5.41) is 2.92. The molecule has 1 rings (SSSR count). The van der Waals surface area contributed by atoms with Gasteiger partial charge < -0.3 is 5.32 Å². The number of rotatable bonds is 4. The highest BCUT2D eigenvalue weighted by Crippen LogP contribution is 2.21. The Morgan fingerprint density at radius 3 is 2.73 bits per heavy atom. The van der Waals surface area contributed by atoms with E-state index >= 15 is 0 Å². The second-order valence-electron chi connectivity index (χ2n) is 3.33. The summed E-state index contributed by atoms with van der Waals surface area (Å²) in [5.41, 5.74) is 1.65. The Morgan fingerprint density at radius 1 is 1.40 bits per heavy atom. The second kappa shape index (κ2) is 5.00. The Bertz CT molecular complexity index is 310. The summed E-state index contributed by atoms with van der Waals surface area (Å²) in [6.45, 7) is 2.16. The standard InChI is InChI=1S/C10H13F3N2/c1-8-7-9(3-6-14-8)15-5-2-4-10(11,12)13/h3,6-7H,2,4-5H2,1H3,(H,14,15). The van der Waals surface area contributed by atoms with Crippen LogP contribution in [0.25, 0.3) is 0 Å². The number of halogens is 3. The number of aromatic nitrogens is 1. The SMILES string of the molecule is Cc1cc(NCCCC(F)(F)F)ccn1. The van der Waals surface area contributed by atoms with Gasteiger partial charge in [0.25, 0.3) is 0 Å². The third-order valence-electron chi connectivity index (χ3n) is 1.86. The van der Waals surface area contributed by atoms with E-state index in [-0.39, 0.29) is 6.42 Å². The summed E-state index contributed by atoms with van der Waals surface area (Å²) in [5.74, 6) is 0. The average Bonchev–Trinajstić information content (AvgIpc) is 2.11. The minimum Gasteiger partial charge on any atom is -0.385 e. The van der Waals surface area contributed by atoms with Gasteiger partial charge in [0.1, 0.15) is 0 Å². The van der Waals surface area contributed by atoms with Crippen LogP contribution >= 0.6 is 0 Å². The fourth-order valence-electron chi connectivity index (χ4n) is 1.18. The first-order valence-corrected chi connectivity index (χ1v) is 4.71. The molecule has 0 radical (unpaired) electrons. The minimum absolute atomic E-state index is 0.0882. The molecule has 0 aliphatic rings. The fourth-order valence-corrected chi connectivity index (χ4v) is 1.18. The molecule has 0 aliphatic heterocycles. The van der Waals surface area contributed by atoms with Crippen molar-refractivity contribution in [3.63, 3.8) is 0 Å². The normalized spacial score (nSPS) is 11.5. The predicted octanol–water partition coefficient (Wildman–Crippen LogP) is 3.14. The summed E-state index contributed by atoms with van der Waals surface area (Å²) < 4.78 is 35.4. The zero-order valence-corrected chi connectivity index (χ0v) is 8.43. The third kappa shape index (κ3) is 5.24. The molecule has 84 valence electrons. The second-order valence-corrected chi connectivity index (χ2v) is 3.33. The van der Waals surface area contributed by atoms with Gasteiger partial charge in [-0.15, -0.1) is 0 Å². The van der Waals surface area contributed by atoms with Gasteiger partial charge in [-0.25, -0.2) is 0 Å². The van der Waals surface area contributed by atoms with Crippen LogP contribution in [-0.2, 0) is 0 Å². The number of aryl methyl sites for hydroxylation is 1. The fraction of sp³-hybridized carbons (Fsp3) is 0.500. The van der Waals surface area contributed by atoms with Crippen LogP contribution in [0.3, 0.4) is 0 Å². The number of hydrogen-bond acceptors (Lipinski definition) is 2. The molecule has 15 heavy (non-hydrogen) atoms. The minimum atomic E-state index is -4.06. The zero-order valence-electron chi connectivity index (χ0n) is 8.43. The van der Waals surface area contributed by atoms with Gasteiger partial charge >= 0.3 is 6.18 Å². The van der Waals surface area contributed by atoms with Crippen molar-refractivity contribution in [3.8, 4) is 0 Å². The lowest BCUT2D eigenvalue weighted by molar-refractivity contribution is -0.134. The van der Waals surface area contributed by atoms with Gasteiger partial charge in [0.2, 0.25) is 0 Å². The van der Waals surface area contributed by atoms with Crippen molar-refractivity contribution in [2.45, 2.75) is 25.9 Å². The molecule has 2 nitrogen and oxygen atoms in total. The van der Waals surface area contributed by atoms with Crippen molar-refractivity contribution < 1.29 is 13.2 Å². The molecule has 0 atom stereocenters. The number of alkyl halides is 3. The van der Waals surface area contributed by atoms with Crippen LogP contribution in [0.4, 0.5) is 18.9 Å². The summed E-state index contributed by atoms with van der Waals surface area (Å²) in [4.78, 5) is 3.99. The quantitative estimate of drug-likeness (QED) is 0.785. The van der Waals surface area contributed by atoms with Crippen LogP contribution in [0.1, 0.15) is 18.5 Å². The Morgan fingerprint density at radius 2 is 2.13 bits per heavy atom. The van der Waals surface area contributed by atoms with E-state index in [9.17, 15) is 13.2 Å². The molecular formula is C10H13F3N2. The Kier molecular flexibility index (Phi) is 3.94. The number of hydrogen-bond donors (Lipinski definition) is 1. The summed E-state index contributed by atoms with van der Waals surface area (Å²) in [7, 11) is 0. The molecule has 0 fully saturated rings. The number of pyridine rings is 1. The highest BCUT2D eigenvalue weighted by atomic mass is 19.4. The smallest absolute Gasteiger partial charge is 0.385 e. The first kappa shape index (κ1) is 11.8. The molecule has 0 saturated heterocycles. The van der Waals surface area contributed by atoms with Gasteiger partial charge in [0, 0.05) is 30.5 Å². The lowest BCUT2D eigenvalue weighted by atomic mass is 10.3. The molecular weight excluding hydrogens is 205 g/mol. The van der Waals surface area contributed by atoms with Crippen LogP contribution in [0.5, 0.6) is 0 Å². The largest absolute Gasteiger partial charge is 0.389 e. The van der Waals surface area contributed by atoms with E-state index in [0.717, 1.165) is 11.4 Å². The zero-order chi connectivity index (χ0) is 11.3. The molecule has 0 aliphatic carbocycles. The number of nitrogens with one attached hydrogen (secondary N) is 1. The first-order valence-electron chi connectivity index (χ1n) is 4.71. The van der Waals surface area contributed by atoms with Crippen LogP contribution in [0.15, 0.2) is 18.3 Å². The summed E-state index contributed by atoms with van der Waals surface area (Å²) >= 11 is 0. The molecule has 1 aromatic heterocycles. The van der Waals surface area contributed by atoms with Crippen LogP contribution in [0, 0.1) is 6.92 Å². The Hall–Kier alpha value is -1.26. The molecule has 1 N–H and O–H groups in total. The van der Waals surface area contributed by atoms with E-state index in [1.807, 2.05) is 6.92 Å². The molecule has 0 spiro atoms. The maximum atomic E-state index is 11.8. The van der Waals surface area contributed by atoms with E-state index in [2.05, 4.69) is 10.3 Å². The lowest BCUT2D eigenvalue weighted by Crippen LogP contribution is -2.11. The van der Waals surface area contributed by atoms with Gasteiger partial charge in [-0.05, 0) is 25.5 Å². The van der Waals surface area contributed by atoms with Crippen LogP contribution < -0.4 is 5.32 Å². The van der Waals surface area contributed by atoms with Crippen molar-refractivity contribution in [2.75, 3.05) is 11.9 Å². The Labute approximate surface area is 86.5 Å². The molecule has 0 amide bonds. The molecule has 1 heterocycles. The maximum Gasteiger partial charge on any atom is 0.389 e. The van der Waals surface area contributed by atoms with Crippen molar-refractivity contribution in [2.24, 2.45) is 0 Å². The van der Waals surface area contributed by atoms with Crippen LogP contribution in [-0.4, -0.2) is 17.7 Å². The van der Waals surface area contributed by atoms with Gasteiger partial charge in [-0.3, -0.25) is 4.98 Å². The Balaban J connectivity index is 2.26. The maximum absolute atomic E-state index is 11.8. The highest BCUT2D eigenvalue weighted by Gasteiger charge is 2.25. The van der Waals surface area contributed by atoms with E-state index in [1.54, 1.807) is 18.3 Å². The van der Waals surface area contributed by atoms with E-state index in [4.69, 9.17) is 0 Å². The van der Waals surface area contributed by atoms with E-state index < -0.39 is 12.6 Å². The lowest BCUT2D eigenvalue weighted by Gasteiger charge is -2.08. The van der Waals surface area contributed by atoms with Gasteiger partial charge in [0.15, 0.2) is 0 Å². The van der Waals surface area contributed by atoms with Crippen molar-refractivity contribution in [1.82, 2.24) is 4.98 Å². The topological polar surface area (TPSA) is 24.9 Å². The third-order valence-corrected chi connectivity index (χ3v) is 1.86. The van der Waals surface area contributed by atoms with E-state index in [1.165, 1.54) is 0 Å². The average molecular weight is 218 g/mol. The number of anilines is 1. The number of nitrogens with zero attached hydrogens (tertiary/aromatic N) is 1.